The van der Waals surface area contributed by atoms with E-state index < -0.39 is 44.5 Å². The topological polar surface area (TPSA) is 99.7 Å². The SMILES string of the molecule is Cn1ccc(S(=O)(=O)CC2CCC3=Cc4c(cnn4-c4ccc(F)cc4)C[C@]3(C(=O)c3cc(C(F)(F)F)ccn3)C2)n1. The number of hydrogen-bond donors (Lipinski definition) is 0. The van der Waals surface area contributed by atoms with E-state index in [1.165, 1.54) is 29.1 Å². The van der Waals surface area contributed by atoms with E-state index in [1.54, 1.807) is 30.1 Å². The van der Waals surface area contributed by atoms with Crippen LogP contribution in [0.4, 0.5) is 17.6 Å². The van der Waals surface area contributed by atoms with Crippen molar-refractivity contribution in [1.29, 1.82) is 0 Å². The van der Waals surface area contributed by atoms with Gasteiger partial charge in [-0.15, -0.1) is 0 Å². The number of alkyl halides is 3. The smallest absolute Gasteiger partial charge is 0.291 e. The molecule has 1 saturated carbocycles. The van der Waals surface area contributed by atoms with Crippen LogP contribution in [0.2, 0.25) is 0 Å². The zero-order valence-electron chi connectivity index (χ0n) is 22.3. The fourth-order valence-electron chi connectivity index (χ4n) is 6.07. The fraction of sp³-hybridized carbons (Fsp3) is 0.310. The average molecular weight is 600 g/mol. The Balaban J connectivity index is 1.42. The highest BCUT2D eigenvalue weighted by molar-refractivity contribution is 7.91. The third-order valence-electron chi connectivity index (χ3n) is 8.05. The molecule has 0 amide bonds. The Morgan fingerprint density at radius 1 is 1.14 bits per heavy atom. The molecule has 1 aromatic carbocycles. The van der Waals surface area contributed by atoms with E-state index in [0.717, 1.165) is 18.3 Å². The monoisotopic (exact) mass is 599 g/mol. The minimum atomic E-state index is -4.67. The summed E-state index contributed by atoms with van der Waals surface area (Å²) in [5.41, 5.74) is -0.0266. The van der Waals surface area contributed by atoms with Crippen LogP contribution in [0.1, 0.15) is 46.6 Å². The molecule has 4 aromatic rings. The molecular weight excluding hydrogens is 574 g/mol. The number of allylic oxidation sites excluding steroid dienone is 1. The maximum atomic E-state index is 14.2. The van der Waals surface area contributed by atoms with Crippen LogP contribution in [0.3, 0.4) is 0 Å². The Hall–Kier alpha value is -4.13. The van der Waals surface area contributed by atoms with Crippen molar-refractivity contribution in [3.05, 3.63) is 95.0 Å². The van der Waals surface area contributed by atoms with Gasteiger partial charge in [-0.1, -0.05) is 5.57 Å². The molecule has 0 radical (unpaired) electrons. The van der Waals surface area contributed by atoms with Crippen LogP contribution in [-0.4, -0.2) is 44.5 Å². The predicted octanol–water partition coefficient (Wildman–Crippen LogP) is 5.24. The number of aromatic nitrogens is 5. The predicted molar refractivity (Wildman–Crippen MR) is 144 cm³/mol. The maximum absolute atomic E-state index is 14.2. The number of hydrogen-bond acceptors (Lipinski definition) is 6. The molecule has 1 unspecified atom stereocenters. The van der Waals surface area contributed by atoms with Crippen LogP contribution >= 0.6 is 0 Å². The van der Waals surface area contributed by atoms with Gasteiger partial charge >= 0.3 is 6.18 Å². The Bertz CT molecular complexity index is 1830. The number of carbonyl (C=O) groups excluding carboxylic acids is 1. The lowest BCUT2D eigenvalue weighted by molar-refractivity contribution is -0.137. The van der Waals surface area contributed by atoms with Gasteiger partial charge in [0.25, 0.3) is 0 Å². The Kier molecular flexibility index (Phi) is 6.67. The van der Waals surface area contributed by atoms with E-state index >= 15 is 0 Å². The van der Waals surface area contributed by atoms with Crippen LogP contribution in [0.15, 0.2) is 71.7 Å². The maximum Gasteiger partial charge on any atom is 0.416 e. The lowest BCUT2D eigenvalue weighted by Crippen LogP contribution is -2.43. The second-order valence-electron chi connectivity index (χ2n) is 10.8. The first-order valence-corrected chi connectivity index (χ1v) is 14.9. The molecule has 0 aliphatic heterocycles. The van der Waals surface area contributed by atoms with Crippen LogP contribution in [0.25, 0.3) is 11.8 Å². The van der Waals surface area contributed by atoms with Crippen molar-refractivity contribution in [2.24, 2.45) is 18.4 Å². The highest BCUT2D eigenvalue weighted by Crippen LogP contribution is 2.52. The highest BCUT2D eigenvalue weighted by Gasteiger charge is 2.50. The summed E-state index contributed by atoms with van der Waals surface area (Å²) in [6.45, 7) is 0. The molecule has 2 atom stereocenters. The minimum Gasteiger partial charge on any atom is -0.291 e. The number of rotatable bonds is 6. The third kappa shape index (κ3) is 4.95. The van der Waals surface area contributed by atoms with E-state index in [4.69, 9.17) is 0 Å². The summed E-state index contributed by atoms with van der Waals surface area (Å²) < 4.78 is 83.6. The van der Waals surface area contributed by atoms with Crippen LogP contribution in [0, 0.1) is 17.2 Å². The van der Waals surface area contributed by atoms with E-state index in [1.807, 2.05) is 6.08 Å². The van der Waals surface area contributed by atoms with Gasteiger partial charge in [0.05, 0.1) is 34.3 Å². The van der Waals surface area contributed by atoms with Gasteiger partial charge in [-0.3, -0.25) is 14.5 Å². The fourth-order valence-corrected chi connectivity index (χ4v) is 7.67. The lowest BCUT2D eigenvalue weighted by Gasteiger charge is -2.44. The van der Waals surface area contributed by atoms with Crippen molar-refractivity contribution in [2.75, 3.05) is 5.75 Å². The number of sulfone groups is 1. The first-order valence-electron chi connectivity index (χ1n) is 13.2. The van der Waals surface area contributed by atoms with Gasteiger partial charge in [0.15, 0.2) is 20.6 Å². The second kappa shape index (κ2) is 10.0. The van der Waals surface area contributed by atoms with Gasteiger partial charge in [-0.2, -0.15) is 23.4 Å². The molecule has 0 spiro atoms. The van der Waals surface area contributed by atoms with Crippen LogP contribution in [0.5, 0.6) is 0 Å². The molecule has 1 fully saturated rings. The summed E-state index contributed by atoms with van der Waals surface area (Å²) in [6.07, 6.45) is 2.21. The normalized spacial score (nSPS) is 20.5. The molecule has 218 valence electrons. The molecule has 3 heterocycles. The number of fused-ring (bicyclic) bond motifs is 2. The van der Waals surface area contributed by atoms with Gasteiger partial charge in [0.2, 0.25) is 0 Å². The van der Waals surface area contributed by atoms with Crippen molar-refractivity contribution in [3.63, 3.8) is 0 Å². The molecule has 2 aliphatic rings. The second-order valence-corrected chi connectivity index (χ2v) is 12.8. The van der Waals surface area contributed by atoms with E-state index in [9.17, 15) is 30.8 Å². The summed E-state index contributed by atoms with van der Waals surface area (Å²) in [5, 5.41) is 8.41. The number of benzene rings is 1. The summed E-state index contributed by atoms with van der Waals surface area (Å²) in [6, 6.07) is 8.72. The number of Topliss-reactive ketones (excluding diaryl/α,β-unsaturated/α-hetero) is 1. The van der Waals surface area contributed by atoms with Crippen LogP contribution < -0.4 is 0 Å². The molecule has 13 heteroatoms. The lowest BCUT2D eigenvalue weighted by atomic mass is 9.59. The molecule has 2 aliphatic carbocycles. The van der Waals surface area contributed by atoms with Gasteiger partial charge in [-0.25, -0.2) is 17.5 Å². The Labute approximate surface area is 238 Å². The molecule has 0 N–H and O–H groups in total. The summed E-state index contributed by atoms with van der Waals surface area (Å²) in [4.78, 5) is 18.3. The summed E-state index contributed by atoms with van der Waals surface area (Å²) in [7, 11) is -2.18. The quantitative estimate of drug-likeness (QED) is 0.222. The number of ketones is 1. The van der Waals surface area contributed by atoms with Gasteiger partial charge in [0.1, 0.15) is 11.5 Å². The summed E-state index contributed by atoms with van der Waals surface area (Å²) in [5.74, 6) is -1.72. The molecule has 3 aromatic heterocycles. The Morgan fingerprint density at radius 3 is 2.60 bits per heavy atom. The molecule has 42 heavy (non-hydrogen) atoms. The Morgan fingerprint density at radius 2 is 1.90 bits per heavy atom. The average Bonchev–Trinajstić information content (AvgIpc) is 3.57. The van der Waals surface area contributed by atoms with E-state index in [2.05, 4.69) is 15.2 Å². The number of halogens is 4. The van der Waals surface area contributed by atoms with Gasteiger partial charge < -0.3 is 0 Å². The van der Waals surface area contributed by atoms with E-state index in [-0.39, 0.29) is 29.3 Å². The first-order chi connectivity index (χ1) is 19.9. The largest absolute Gasteiger partial charge is 0.416 e. The van der Waals surface area contributed by atoms with E-state index in [0.29, 0.717) is 35.4 Å². The highest BCUT2D eigenvalue weighted by atomic mass is 32.2. The zero-order valence-corrected chi connectivity index (χ0v) is 23.2. The molecule has 8 nitrogen and oxygen atoms in total. The van der Waals surface area contributed by atoms with Gasteiger partial charge in [-0.05, 0) is 85.7 Å². The molecule has 0 saturated heterocycles. The number of carbonyl (C=O) groups is 1. The first kappa shape index (κ1) is 28.0. The van der Waals surface area contributed by atoms with Gasteiger partial charge in [0, 0.05) is 19.4 Å². The van der Waals surface area contributed by atoms with Crippen molar-refractivity contribution in [3.8, 4) is 5.69 Å². The van der Waals surface area contributed by atoms with Crippen molar-refractivity contribution < 1.29 is 30.8 Å². The zero-order chi connectivity index (χ0) is 29.9. The number of nitrogens with zero attached hydrogens (tertiary/aromatic N) is 5. The molecule has 6 rings (SSSR count). The molecule has 0 bridgehead atoms. The number of pyridine rings is 1. The minimum absolute atomic E-state index is 0.0715. The molecular formula is C29H25F4N5O3S. The number of aryl methyl sites for hydroxylation is 1. The standard InChI is InChI=1S/C29H25F4N5O3S/c1-37-11-9-26(36-37)42(40,41)17-18-2-3-20-13-25-19(16-35-38(25)23-6-4-22(30)5-7-23)15-28(20,14-18)27(39)24-12-21(8-10-34-24)29(31,32)33/h4-13,16,18H,2-3,14-15,17H2,1H3/t18?,28-/m1/s1. The van der Waals surface area contributed by atoms with Crippen molar-refractivity contribution in [1.82, 2.24) is 24.5 Å². The summed E-state index contributed by atoms with van der Waals surface area (Å²) >= 11 is 0. The van der Waals surface area contributed by atoms with Crippen molar-refractivity contribution >= 4 is 21.7 Å². The van der Waals surface area contributed by atoms with Crippen molar-refractivity contribution in [2.45, 2.75) is 36.9 Å². The van der Waals surface area contributed by atoms with Crippen LogP contribution in [-0.2, 0) is 29.5 Å². The third-order valence-corrected chi connectivity index (χ3v) is 9.82.